The highest BCUT2D eigenvalue weighted by molar-refractivity contribution is 6.36. The first-order valence-electron chi connectivity index (χ1n) is 10.3. The lowest BCUT2D eigenvalue weighted by Crippen LogP contribution is -2.48. The van der Waals surface area contributed by atoms with Crippen molar-refractivity contribution in [3.8, 4) is 0 Å². The Hall–Kier alpha value is -1.52. The summed E-state index contributed by atoms with van der Waals surface area (Å²) in [6.07, 6.45) is 10.8. The van der Waals surface area contributed by atoms with Crippen LogP contribution in [0.15, 0.2) is 24.4 Å². The van der Waals surface area contributed by atoms with E-state index in [0.717, 1.165) is 35.9 Å². The summed E-state index contributed by atoms with van der Waals surface area (Å²) in [5.41, 5.74) is 1.52. The van der Waals surface area contributed by atoms with Gasteiger partial charge in [0.15, 0.2) is 0 Å². The zero-order chi connectivity index (χ0) is 19.0. The molecular weight excluding hydrogens is 360 g/mol. The molecule has 1 atom stereocenters. The predicted molar refractivity (Wildman–Crippen MR) is 110 cm³/mol. The van der Waals surface area contributed by atoms with Gasteiger partial charge in [-0.1, -0.05) is 43.4 Å². The Balaban J connectivity index is 1.65. The van der Waals surface area contributed by atoms with Gasteiger partial charge in [-0.05, 0) is 50.7 Å². The average molecular weight is 389 g/mol. The van der Waals surface area contributed by atoms with Gasteiger partial charge in [0.1, 0.15) is 0 Å². The van der Waals surface area contributed by atoms with E-state index < -0.39 is 6.10 Å². The molecule has 4 nitrogen and oxygen atoms in total. The van der Waals surface area contributed by atoms with E-state index in [4.69, 9.17) is 11.6 Å². The Morgan fingerprint density at radius 1 is 1.30 bits per heavy atom. The minimum atomic E-state index is -0.469. The van der Waals surface area contributed by atoms with E-state index in [-0.39, 0.29) is 11.3 Å². The molecule has 0 saturated heterocycles. The van der Waals surface area contributed by atoms with Gasteiger partial charge in [0.05, 0.1) is 27.7 Å². The number of nitrogens with zero attached hydrogens (tertiary/aromatic N) is 1. The first-order chi connectivity index (χ1) is 13.0. The average Bonchev–Trinajstić information content (AvgIpc) is 2.93. The topological polar surface area (TPSA) is 54.3 Å². The van der Waals surface area contributed by atoms with Crippen LogP contribution in [0.5, 0.6) is 0 Å². The Morgan fingerprint density at radius 2 is 2.04 bits per heavy atom. The summed E-state index contributed by atoms with van der Waals surface area (Å²) >= 11 is 6.48. The zero-order valence-corrected chi connectivity index (χ0v) is 16.8. The van der Waals surface area contributed by atoms with Crippen LogP contribution in [0.2, 0.25) is 5.02 Å². The Morgan fingerprint density at radius 3 is 2.67 bits per heavy atom. The number of amides is 1. The molecular formula is C22H29ClN2O2. The number of aliphatic hydroxyl groups is 1. The third kappa shape index (κ3) is 3.38. The predicted octanol–water partition coefficient (Wildman–Crippen LogP) is 5.36. The molecule has 0 aliphatic heterocycles. The second kappa shape index (κ2) is 7.48. The highest BCUT2D eigenvalue weighted by Crippen LogP contribution is 2.53. The highest BCUT2D eigenvalue weighted by Gasteiger charge is 2.50. The molecule has 2 aliphatic carbocycles. The number of aromatic nitrogens is 1. The molecule has 1 aromatic heterocycles. The van der Waals surface area contributed by atoms with Gasteiger partial charge in [0, 0.05) is 18.1 Å². The summed E-state index contributed by atoms with van der Waals surface area (Å²) in [7, 11) is 0. The molecule has 2 saturated carbocycles. The maximum absolute atomic E-state index is 13.4. The normalized spacial score (nSPS) is 21.0. The van der Waals surface area contributed by atoms with E-state index in [9.17, 15) is 9.90 Å². The van der Waals surface area contributed by atoms with E-state index in [1.54, 1.807) is 6.92 Å². The molecule has 4 rings (SSSR count). The molecule has 2 aliphatic rings. The van der Waals surface area contributed by atoms with Crippen LogP contribution in [-0.2, 0) is 11.3 Å². The van der Waals surface area contributed by atoms with Gasteiger partial charge in [-0.15, -0.1) is 0 Å². The standard InChI is InChI=1S/C22H29ClN2O2/c1-15(26)13-25-14-18(20-17(23)9-5-10-19(20)25)24-21(27)22(11-6-12-22)16-7-3-2-4-8-16/h5,9-10,14-16,26H,2-4,6-8,11-13H2,1H3,(H,24,27). The number of benzene rings is 1. The number of fused-ring (bicyclic) bond motifs is 1. The third-order valence-electron chi connectivity index (χ3n) is 6.65. The van der Waals surface area contributed by atoms with Gasteiger partial charge < -0.3 is 15.0 Å². The van der Waals surface area contributed by atoms with E-state index >= 15 is 0 Å². The van der Waals surface area contributed by atoms with E-state index in [1.165, 1.54) is 32.1 Å². The van der Waals surface area contributed by atoms with Crippen molar-refractivity contribution < 1.29 is 9.90 Å². The second-order valence-corrected chi connectivity index (χ2v) is 8.88. The number of carbonyl (C=O) groups excluding carboxylic acids is 1. The number of hydrogen-bond acceptors (Lipinski definition) is 2. The van der Waals surface area contributed by atoms with Gasteiger partial charge in [0.2, 0.25) is 5.91 Å². The fourth-order valence-electron chi connectivity index (χ4n) is 5.12. The molecule has 1 unspecified atom stereocenters. The Kier molecular flexibility index (Phi) is 5.21. The number of hydrogen-bond donors (Lipinski definition) is 2. The lowest BCUT2D eigenvalue weighted by Gasteiger charge is -2.47. The van der Waals surface area contributed by atoms with Gasteiger partial charge in [-0.2, -0.15) is 0 Å². The number of aliphatic hydroxyl groups excluding tert-OH is 1. The number of rotatable bonds is 5. The van der Waals surface area contributed by atoms with Crippen LogP contribution in [0.3, 0.4) is 0 Å². The molecule has 5 heteroatoms. The molecule has 1 amide bonds. The molecule has 1 heterocycles. The minimum absolute atomic E-state index is 0.164. The summed E-state index contributed by atoms with van der Waals surface area (Å²) < 4.78 is 1.98. The Bertz CT molecular complexity index is 832. The van der Waals surface area contributed by atoms with Crippen LogP contribution in [0.4, 0.5) is 5.69 Å². The van der Waals surface area contributed by atoms with Crippen LogP contribution < -0.4 is 5.32 Å². The zero-order valence-electron chi connectivity index (χ0n) is 16.0. The quantitative estimate of drug-likeness (QED) is 0.723. The minimum Gasteiger partial charge on any atom is -0.392 e. The molecule has 2 aromatic rings. The van der Waals surface area contributed by atoms with Crippen molar-refractivity contribution in [2.75, 3.05) is 5.32 Å². The van der Waals surface area contributed by atoms with Crippen molar-refractivity contribution in [3.63, 3.8) is 0 Å². The van der Waals surface area contributed by atoms with Crippen LogP contribution in [-0.4, -0.2) is 21.7 Å². The van der Waals surface area contributed by atoms with E-state index in [1.807, 2.05) is 29.0 Å². The van der Waals surface area contributed by atoms with Crippen LogP contribution >= 0.6 is 11.6 Å². The third-order valence-corrected chi connectivity index (χ3v) is 6.96. The number of halogens is 1. The first kappa shape index (κ1) is 18.8. The van der Waals surface area contributed by atoms with Crippen molar-refractivity contribution >= 4 is 34.1 Å². The summed E-state index contributed by atoms with van der Waals surface area (Å²) in [5.74, 6) is 0.679. The number of anilines is 1. The van der Waals surface area contributed by atoms with Gasteiger partial charge in [-0.25, -0.2) is 0 Å². The second-order valence-electron chi connectivity index (χ2n) is 8.48. The molecule has 146 valence electrons. The van der Waals surface area contributed by atoms with Gasteiger partial charge in [-0.3, -0.25) is 4.79 Å². The fraction of sp³-hybridized carbons (Fsp3) is 0.591. The molecule has 27 heavy (non-hydrogen) atoms. The molecule has 0 spiro atoms. The van der Waals surface area contributed by atoms with Crippen LogP contribution in [0.25, 0.3) is 10.9 Å². The molecule has 0 radical (unpaired) electrons. The van der Waals surface area contributed by atoms with E-state index in [0.29, 0.717) is 17.5 Å². The van der Waals surface area contributed by atoms with Crippen LogP contribution in [0, 0.1) is 11.3 Å². The van der Waals surface area contributed by atoms with Crippen molar-refractivity contribution in [2.24, 2.45) is 11.3 Å². The van der Waals surface area contributed by atoms with Crippen molar-refractivity contribution in [2.45, 2.75) is 70.9 Å². The van der Waals surface area contributed by atoms with Crippen LogP contribution in [0.1, 0.15) is 58.3 Å². The SMILES string of the molecule is CC(O)Cn1cc(NC(=O)C2(C3CCCCC3)CCC2)c2c(Cl)cccc21. The number of nitrogens with one attached hydrogen (secondary N) is 1. The maximum Gasteiger partial charge on any atom is 0.230 e. The monoisotopic (exact) mass is 388 g/mol. The van der Waals surface area contributed by atoms with Gasteiger partial charge in [0.25, 0.3) is 0 Å². The smallest absolute Gasteiger partial charge is 0.230 e. The molecule has 1 aromatic carbocycles. The summed E-state index contributed by atoms with van der Waals surface area (Å²) in [6.45, 7) is 2.24. The lowest BCUT2D eigenvalue weighted by atomic mass is 9.57. The largest absolute Gasteiger partial charge is 0.392 e. The summed E-state index contributed by atoms with van der Waals surface area (Å²) in [6, 6.07) is 5.75. The maximum atomic E-state index is 13.4. The molecule has 2 fully saturated rings. The van der Waals surface area contributed by atoms with Crippen molar-refractivity contribution in [3.05, 3.63) is 29.4 Å². The Labute approximate surface area is 165 Å². The van der Waals surface area contributed by atoms with Gasteiger partial charge >= 0.3 is 0 Å². The lowest BCUT2D eigenvalue weighted by molar-refractivity contribution is -0.136. The molecule has 2 N–H and O–H groups in total. The molecule has 0 bridgehead atoms. The summed E-state index contributed by atoms with van der Waals surface area (Å²) in [4.78, 5) is 13.4. The van der Waals surface area contributed by atoms with Crippen molar-refractivity contribution in [1.29, 1.82) is 0 Å². The van der Waals surface area contributed by atoms with E-state index in [2.05, 4.69) is 5.32 Å². The summed E-state index contributed by atoms with van der Waals surface area (Å²) in [5, 5.41) is 14.6. The highest BCUT2D eigenvalue weighted by atomic mass is 35.5. The first-order valence-corrected chi connectivity index (χ1v) is 10.7. The fourth-order valence-corrected chi connectivity index (χ4v) is 5.39. The number of carbonyl (C=O) groups is 1. The van der Waals surface area contributed by atoms with Crippen molar-refractivity contribution in [1.82, 2.24) is 4.57 Å².